The minimum atomic E-state index is -0.506. The minimum absolute atomic E-state index is 0.0849. The lowest BCUT2D eigenvalue weighted by Gasteiger charge is -2.30. The SMILES string of the molecule is O=CCN1CCC(c2nccnc2Oc2ccc(Nc3ccccn3)cc2F)CC1. The predicted octanol–water partition coefficient (Wildman–Crippen LogP) is 3.92. The Morgan fingerprint density at radius 2 is 1.93 bits per heavy atom. The van der Waals surface area contributed by atoms with E-state index in [1.54, 1.807) is 30.6 Å². The number of hydrogen-bond donors (Lipinski definition) is 1. The maximum atomic E-state index is 14.7. The first-order valence-corrected chi connectivity index (χ1v) is 9.85. The Morgan fingerprint density at radius 3 is 2.67 bits per heavy atom. The average molecular weight is 407 g/mol. The molecule has 0 spiro atoms. The molecule has 3 aromatic rings. The molecule has 4 rings (SSSR count). The molecule has 1 aliphatic heterocycles. The molecule has 0 unspecified atom stereocenters. The van der Waals surface area contributed by atoms with Crippen molar-refractivity contribution in [1.29, 1.82) is 0 Å². The van der Waals surface area contributed by atoms with Gasteiger partial charge in [-0.1, -0.05) is 6.07 Å². The van der Waals surface area contributed by atoms with Gasteiger partial charge in [0.15, 0.2) is 11.6 Å². The molecule has 0 atom stereocenters. The predicted molar refractivity (Wildman–Crippen MR) is 111 cm³/mol. The van der Waals surface area contributed by atoms with Crippen LogP contribution in [-0.2, 0) is 4.79 Å². The Morgan fingerprint density at radius 1 is 1.10 bits per heavy atom. The summed E-state index contributed by atoms with van der Waals surface area (Å²) in [6.45, 7) is 2.06. The highest BCUT2D eigenvalue weighted by Gasteiger charge is 2.25. The normalized spacial score (nSPS) is 15.0. The van der Waals surface area contributed by atoms with Gasteiger partial charge in [0.2, 0.25) is 5.88 Å². The number of benzene rings is 1. The summed E-state index contributed by atoms with van der Waals surface area (Å²) in [6.07, 6.45) is 7.43. The van der Waals surface area contributed by atoms with Crippen molar-refractivity contribution in [3.8, 4) is 11.6 Å². The van der Waals surface area contributed by atoms with E-state index in [0.29, 0.717) is 23.9 Å². The molecule has 3 heterocycles. The van der Waals surface area contributed by atoms with Crippen molar-refractivity contribution in [3.05, 3.63) is 66.5 Å². The van der Waals surface area contributed by atoms with Crippen molar-refractivity contribution in [3.63, 3.8) is 0 Å². The molecule has 2 aromatic heterocycles. The van der Waals surface area contributed by atoms with Crippen LogP contribution in [-0.4, -0.2) is 45.8 Å². The summed E-state index contributed by atoms with van der Waals surface area (Å²) in [6, 6.07) is 10.1. The van der Waals surface area contributed by atoms with Crippen LogP contribution in [0, 0.1) is 5.82 Å². The Bertz CT molecular complexity index is 994. The molecule has 8 heteroatoms. The van der Waals surface area contributed by atoms with Crippen LogP contribution in [0.1, 0.15) is 24.5 Å². The van der Waals surface area contributed by atoms with E-state index in [1.807, 2.05) is 12.1 Å². The van der Waals surface area contributed by atoms with Gasteiger partial charge < -0.3 is 14.8 Å². The van der Waals surface area contributed by atoms with Gasteiger partial charge in [-0.3, -0.25) is 9.88 Å². The van der Waals surface area contributed by atoms with Crippen LogP contribution in [0.3, 0.4) is 0 Å². The van der Waals surface area contributed by atoms with Crippen LogP contribution < -0.4 is 10.1 Å². The van der Waals surface area contributed by atoms with E-state index < -0.39 is 5.82 Å². The lowest BCUT2D eigenvalue weighted by Crippen LogP contribution is -2.34. The van der Waals surface area contributed by atoms with Gasteiger partial charge in [0, 0.05) is 36.3 Å². The minimum Gasteiger partial charge on any atom is -0.434 e. The van der Waals surface area contributed by atoms with E-state index in [0.717, 1.165) is 37.9 Å². The number of nitrogens with one attached hydrogen (secondary N) is 1. The van der Waals surface area contributed by atoms with Gasteiger partial charge in [-0.05, 0) is 50.2 Å². The maximum absolute atomic E-state index is 14.7. The number of halogens is 1. The van der Waals surface area contributed by atoms with Gasteiger partial charge in [0.05, 0.1) is 6.54 Å². The number of carbonyl (C=O) groups excluding carboxylic acids is 1. The number of aromatic nitrogens is 3. The molecule has 1 fully saturated rings. The molecule has 1 N–H and O–H groups in total. The van der Waals surface area contributed by atoms with E-state index in [2.05, 4.69) is 25.2 Å². The highest BCUT2D eigenvalue weighted by molar-refractivity contribution is 5.57. The average Bonchev–Trinajstić information content (AvgIpc) is 2.78. The number of aldehydes is 1. The van der Waals surface area contributed by atoms with Crippen LogP contribution in [0.5, 0.6) is 11.6 Å². The monoisotopic (exact) mass is 407 g/mol. The van der Waals surface area contributed by atoms with Crippen molar-refractivity contribution >= 4 is 17.8 Å². The van der Waals surface area contributed by atoms with E-state index >= 15 is 0 Å². The molecular formula is C22H22FN5O2. The lowest BCUT2D eigenvalue weighted by atomic mass is 9.93. The molecule has 0 saturated carbocycles. The zero-order valence-electron chi connectivity index (χ0n) is 16.4. The van der Waals surface area contributed by atoms with Crippen molar-refractivity contribution < 1.29 is 13.9 Å². The fourth-order valence-electron chi connectivity index (χ4n) is 3.54. The number of ether oxygens (including phenoxy) is 1. The second kappa shape index (κ2) is 9.41. The Kier molecular flexibility index (Phi) is 6.24. The quantitative estimate of drug-likeness (QED) is 0.595. The lowest BCUT2D eigenvalue weighted by molar-refractivity contribution is -0.109. The summed E-state index contributed by atoms with van der Waals surface area (Å²) in [5, 5.41) is 3.05. The standard InChI is InChI=1S/C22H22FN5O2/c23-18-15-17(27-20-3-1-2-8-24-20)4-5-19(18)30-22-21(25-9-10-26-22)16-6-11-28(12-7-16)13-14-29/h1-5,8-10,14-16H,6-7,11-13H2,(H,24,27). The summed E-state index contributed by atoms with van der Waals surface area (Å²) in [4.78, 5) is 25.7. The molecule has 0 radical (unpaired) electrons. The largest absolute Gasteiger partial charge is 0.434 e. The van der Waals surface area contributed by atoms with Crippen LogP contribution in [0.2, 0.25) is 0 Å². The van der Waals surface area contributed by atoms with E-state index in [-0.39, 0.29) is 11.7 Å². The Balaban J connectivity index is 1.48. The number of nitrogens with zero attached hydrogens (tertiary/aromatic N) is 4. The number of piperidine rings is 1. The fraction of sp³-hybridized carbons (Fsp3) is 0.273. The maximum Gasteiger partial charge on any atom is 0.241 e. The number of anilines is 2. The molecule has 0 bridgehead atoms. The molecule has 7 nitrogen and oxygen atoms in total. The van der Waals surface area contributed by atoms with Gasteiger partial charge in [0.25, 0.3) is 0 Å². The third-order valence-electron chi connectivity index (χ3n) is 5.07. The van der Waals surface area contributed by atoms with Crippen LogP contribution in [0.25, 0.3) is 0 Å². The van der Waals surface area contributed by atoms with E-state index in [9.17, 15) is 9.18 Å². The molecule has 30 heavy (non-hydrogen) atoms. The van der Waals surface area contributed by atoms with E-state index in [4.69, 9.17) is 4.74 Å². The van der Waals surface area contributed by atoms with Crippen molar-refractivity contribution in [2.24, 2.45) is 0 Å². The van der Waals surface area contributed by atoms with Gasteiger partial charge >= 0.3 is 0 Å². The molecule has 0 aliphatic carbocycles. The van der Waals surface area contributed by atoms with Crippen molar-refractivity contribution in [2.75, 3.05) is 25.0 Å². The van der Waals surface area contributed by atoms with Gasteiger partial charge in [0.1, 0.15) is 17.8 Å². The smallest absolute Gasteiger partial charge is 0.241 e. The molecule has 1 aromatic carbocycles. The topological polar surface area (TPSA) is 80.2 Å². The highest BCUT2D eigenvalue weighted by Crippen LogP contribution is 2.34. The molecular weight excluding hydrogens is 385 g/mol. The van der Waals surface area contributed by atoms with Crippen LogP contribution in [0.15, 0.2) is 55.0 Å². The second-order valence-corrected chi connectivity index (χ2v) is 7.08. The third kappa shape index (κ3) is 4.77. The summed E-state index contributed by atoms with van der Waals surface area (Å²) in [5.74, 6) is 0.679. The molecule has 1 aliphatic rings. The van der Waals surface area contributed by atoms with E-state index in [1.165, 1.54) is 12.3 Å². The van der Waals surface area contributed by atoms with Gasteiger partial charge in [-0.25, -0.2) is 14.4 Å². The number of hydrogen-bond acceptors (Lipinski definition) is 7. The summed E-state index contributed by atoms with van der Waals surface area (Å²) >= 11 is 0. The highest BCUT2D eigenvalue weighted by atomic mass is 19.1. The zero-order valence-corrected chi connectivity index (χ0v) is 16.4. The summed E-state index contributed by atoms with van der Waals surface area (Å²) in [5.41, 5.74) is 1.29. The Hall–Kier alpha value is -3.39. The van der Waals surface area contributed by atoms with Gasteiger partial charge in [-0.2, -0.15) is 0 Å². The van der Waals surface area contributed by atoms with Gasteiger partial charge in [-0.15, -0.1) is 0 Å². The molecule has 1 saturated heterocycles. The zero-order chi connectivity index (χ0) is 20.8. The number of rotatable bonds is 7. The fourth-order valence-corrected chi connectivity index (χ4v) is 3.54. The molecule has 154 valence electrons. The first kappa shape index (κ1) is 19.9. The first-order valence-electron chi connectivity index (χ1n) is 9.85. The summed E-state index contributed by atoms with van der Waals surface area (Å²) < 4.78 is 20.5. The Labute approximate surface area is 174 Å². The first-order chi connectivity index (χ1) is 14.7. The summed E-state index contributed by atoms with van der Waals surface area (Å²) in [7, 11) is 0. The van der Waals surface area contributed by atoms with Crippen molar-refractivity contribution in [1.82, 2.24) is 19.9 Å². The van der Waals surface area contributed by atoms with Crippen LogP contribution in [0.4, 0.5) is 15.9 Å². The number of pyridine rings is 1. The molecule has 0 amide bonds. The third-order valence-corrected chi connectivity index (χ3v) is 5.07. The van der Waals surface area contributed by atoms with Crippen LogP contribution >= 0.6 is 0 Å². The number of likely N-dealkylation sites (tertiary alicyclic amines) is 1. The second-order valence-electron chi connectivity index (χ2n) is 7.08. The number of carbonyl (C=O) groups is 1. The van der Waals surface area contributed by atoms with Crippen molar-refractivity contribution in [2.45, 2.75) is 18.8 Å².